The Bertz CT molecular complexity index is 428. The largest absolute Gasteiger partial charge is 0.511 e. The Hall–Kier alpha value is -1.91. The second-order valence-corrected chi connectivity index (χ2v) is 4.21. The van der Waals surface area contributed by atoms with E-state index in [1.807, 2.05) is 6.92 Å². The van der Waals surface area contributed by atoms with Crippen molar-refractivity contribution in [2.45, 2.75) is 39.5 Å². The van der Waals surface area contributed by atoms with Crippen LogP contribution in [0.5, 0.6) is 17.2 Å². The molecule has 0 aliphatic carbocycles. The molecule has 0 amide bonds. The fourth-order valence-electron chi connectivity index (χ4n) is 1.73. The number of phenols is 1. The van der Waals surface area contributed by atoms with Crippen molar-refractivity contribution in [3.05, 3.63) is 17.7 Å². The second-order valence-electron chi connectivity index (χ2n) is 4.21. The lowest BCUT2D eigenvalue weighted by atomic mass is 10.1. The van der Waals surface area contributed by atoms with Crippen LogP contribution in [0.2, 0.25) is 0 Å². The van der Waals surface area contributed by atoms with Gasteiger partial charge in [0.1, 0.15) is 5.75 Å². The van der Waals surface area contributed by atoms with Crippen LogP contribution in [0.3, 0.4) is 0 Å². The molecule has 0 unspecified atom stereocenters. The van der Waals surface area contributed by atoms with E-state index in [0.717, 1.165) is 19.3 Å². The average molecular weight is 268 g/mol. The Morgan fingerprint density at radius 2 is 1.89 bits per heavy atom. The lowest BCUT2D eigenvalue weighted by Crippen LogP contribution is -2.05. The lowest BCUT2D eigenvalue weighted by Gasteiger charge is -2.14. The molecule has 1 rings (SSSR count). The van der Waals surface area contributed by atoms with E-state index in [-0.39, 0.29) is 11.5 Å². The molecule has 0 atom stereocenters. The number of hydrogen-bond donors (Lipinski definition) is 2. The number of hydrogen-bond acceptors (Lipinski definition) is 4. The smallest absolute Gasteiger partial charge is 0.504 e. The highest BCUT2D eigenvalue weighted by atomic mass is 16.7. The minimum Gasteiger partial charge on any atom is -0.504 e. The van der Waals surface area contributed by atoms with Crippen LogP contribution in [-0.2, 0) is 6.42 Å². The average Bonchev–Trinajstić information content (AvgIpc) is 2.36. The van der Waals surface area contributed by atoms with Crippen molar-refractivity contribution in [1.82, 2.24) is 0 Å². The maximum absolute atomic E-state index is 10.5. The van der Waals surface area contributed by atoms with Gasteiger partial charge in [0.2, 0.25) is 0 Å². The molecule has 5 nitrogen and oxygen atoms in total. The van der Waals surface area contributed by atoms with Crippen molar-refractivity contribution in [3.8, 4) is 17.2 Å². The van der Waals surface area contributed by atoms with Gasteiger partial charge in [0.15, 0.2) is 11.5 Å². The molecule has 0 fully saturated rings. The molecule has 0 saturated carbocycles. The highest BCUT2D eigenvalue weighted by Crippen LogP contribution is 2.37. The van der Waals surface area contributed by atoms with Crippen LogP contribution in [0.4, 0.5) is 4.79 Å². The molecule has 0 aromatic heterocycles. The van der Waals surface area contributed by atoms with Crippen molar-refractivity contribution < 1.29 is 24.5 Å². The third-order valence-corrected chi connectivity index (χ3v) is 2.66. The first-order valence-corrected chi connectivity index (χ1v) is 6.48. The lowest BCUT2D eigenvalue weighted by molar-refractivity contribution is 0.142. The molecule has 106 valence electrons. The summed E-state index contributed by atoms with van der Waals surface area (Å²) >= 11 is 0. The Morgan fingerprint density at radius 1 is 1.21 bits per heavy atom. The normalized spacial score (nSPS) is 10.2. The maximum atomic E-state index is 10.5. The SMILES string of the molecule is CCCCOc1ccc(OC(=O)O)c(O)c1CCC. The van der Waals surface area contributed by atoms with Crippen molar-refractivity contribution in [1.29, 1.82) is 0 Å². The molecule has 0 radical (unpaired) electrons. The Labute approximate surface area is 112 Å². The van der Waals surface area contributed by atoms with Gasteiger partial charge >= 0.3 is 6.16 Å². The summed E-state index contributed by atoms with van der Waals surface area (Å²) in [5, 5.41) is 18.6. The zero-order valence-electron chi connectivity index (χ0n) is 11.3. The van der Waals surface area contributed by atoms with Gasteiger partial charge < -0.3 is 19.7 Å². The van der Waals surface area contributed by atoms with Gasteiger partial charge in [-0.25, -0.2) is 4.79 Å². The molecule has 0 heterocycles. The second kappa shape index (κ2) is 7.51. The van der Waals surface area contributed by atoms with Gasteiger partial charge in [-0.2, -0.15) is 0 Å². The predicted octanol–water partition coefficient (Wildman–Crippen LogP) is 3.58. The summed E-state index contributed by atoms with van der Waals surface area (Å²) < 4.78 is 10.1. The standard InChI is InChI=1S/C14H20O5/c1-3-5-9-18-11-7-8-12(19-14(16)17)13(15)10(11)6-4-2/h7-8,15H,3-6,9H2,1-2H3,(H,16,17). The topological polar surface area (TPSA) is 76.0 Å². The van der Waals surface area contributed by atoms with Crippen LogP contribution >= 0.6 is 0 Å². The summed E-state index contributed by atoms with van der Waals surface area (Å²) in [5.74, 6) is 0.377. The minimum absolute atomic E-state index is 0.0567. The van der Waals surface area contributed by atoms with Gasteiger partial charge in [-0.15, -0.1) is 0 Å². The number of carbonyl (C=O) groups is 1. The molecular weight excluding hydrogens is 248 g/mol. The van der Waals surface area contributed by atoms with E-state index in [0.29, 0.717) is 24.3 Å². The quantitative estimate of drug-likeness (QED) is 0.449. The highest BCUT2D eigenvalue weighted by molar-refractivity contribution is 5.65. The monoisotopic (exact) mass is 268 g/mol. The molecule has 1 aromatic carbocycles. The van der Waals surface area contributed by atoms with Crippen LogP contribution in [0.25, 0.3) is 0 Å². The van der Waals surface area contributed by atoms with Crippen LogP contribution in [0.15, 0.2) is 12.1 Å². The summed E-state index contributed by atoms with van der Waals surface area (Å²) in [6, 6.07) is 3.04. The number of aromatic hydroxyl groups is 1. The summed E-state index contributed by atoms with van der Waals surface area (Å²) in [4.78, 5) is 10.5. The molecule has 1 aromatic rings. The van der Waals surface area contributed by atoms with Gasteiger partial charge in [0, 0.05) is 5.56 Å². The maximum Gasteiger partial charge on any atom is 0.511 e. The Morgan fingerprint density at radius 3 is 2.47 bits per heavy atom. The molecule has 0 bridgehead atoms. The molecule has 5 heteroatoms. The van der Waals surface area contributed by atoms with Gasteiger partial charge in [-0.05, 0) is 25.0 Å². The van der Waals surface area contributed by atoms with Gasteiger partial charge in [0.25, 0.3) is 0 Å². The van der Waals surface area contributed by atoms with E-state index in [2.05, 4.69) is 11.7 Å². The van der Waals surface area contributed by atoms with Crippen LogP contribution in [0.1, 0.15) is 38.7 Å². The Kier molecular flexibility index (Phi) is 5.99. The van der Waals surface area contributed by atoms with E-state index in [4.69, 9.17) is 9.84 Å². The fourth-order valence-corrected chi connectivity index (χ4v) is 1.73. The molecular formula is C14H20O5. The van der Waals surface area contributed by atoms with Crippen LogP contribution in [0, 0.1) is 0 Å². The number of ether oxygens (including phenoxy) is 2. The molecule has 0 spiro atoms. The minimum atomic E-state index is -1.45. The number of rotatable bonds is 7. The zero-order chi connectivity index (χ0) is 14.3. The van der Waals surface area contributed by atoms with Crippen molar-refractivity contribution >= 4 is 6.16 Å². The molecule has 0 aliphatic heterocycles. The van der Waals surface area contributed by atoms with Crippen LogP contribution < -0.4 is 9.47 Å². The van der Waals surface area contributed by atoms with Gasteiger partial charge in [-0.3, -0.25) is 0 Å². The number of carboxylic acid groups (broad SMARTS) is 1. The first kappa shape index (κ1) is 15.1. The van der Waals surface area contributed by atoms with Crippen molar-refractivity contribution in [2.75, 3.05) is 6.61 Å². The van der Waals surface area contributed by atoms with Crippen molar-refractivity contribution in [2.24, 2.45) is 0 Å². The number of unbranched alkanes of at least 4 members (excludes halogenated alkanes) is 1. The molecule has 0 saturated heterocycles. The number of benzene rings is 1. The summed E-state index contributed by atoms with van der Waals surface area (Å²) in [6.07, 6.45) is 1.92. The fraction of sp³-hybridized carbons (Fsp3) is 0.500. The van der Waals surface area contributed by atoms with E-state index in [1.54, 1.807) is 6.07 Å². The zero-order valence-corrected chi connectivity index (χ0v) is 11.3. The van der Waals surface area contributed by atoms with Crippen molar-refractivity contribution in [3.63, 3.8) is 0 Å². The van der Waals surface area contributed by atoms with E-state index < -0.39 is 6.16 Å². The summed E-state index contributed by atoms with van der Waals surface area (Å²) in [7, 11) is 0. The summed E-state index contributed by atoms with van der Waals surface area (Å²) in [6.45, 7) is 4.61. The predicted molar refractivity (Wildman–Crippen MR) is 71.2 cm³/mol. The third-order valence-electron chi connectivity index (χ3n) is 2.66. The van der Waals surface area contributed by atoms with E-state index in [9.17, 15) is 9.90 Å². The number of phenolic OH excluding ortho intramolecular Hbond substituents is 1. The third kappa shape index (κ3) is 4.35. The highest BCUT2D eigenvalue weighted by Gasteiger charge is 2.16. The first-order chi connectivity index (χ1) is 9.10. The van der Waals surface area contributed by atoms with E-state index >= 15 is 0 Å². The Balaban J connectivity index is 2.97. The van der Waals surface area contributed by atoms with Gasteiger partial charge in [0.05, 0.1) is 6.61 Å². The van der Waals surface area contributed by atoms with Crippen LogP contribution in [-0.4, -0.2) is 23.0 Å². The van der Waals surface area contributed by atoms with Gasteiger partial charge in [-0.1, -0.05) is 26.7 Å². The molecule has 2 N–H and O–H groups in total. The molecule has 19 heavy (non-hydrogen) atoms. The summed E-state index contributed by atoms with van der Waals surface area (Å²) in [5.41, 5.74) is 0.595. The van der Waals surface area contributed by atoms with E-state index in [1.165, 1.54) is 6.07 Å². The first-order valence-electron chi connectivity index (χ1n) is 6.48. The molecule has 0 aliphatic rings.